The second-order valence-corrected chi connectivity index (χ2v) is 4.36. The van der Waals surface area contributed by atoms with Crippen molar-refractivity contribution in [3.05, 3.63) is 35.4 Å². The maximum Gasteiger partial charge on any atom is 0.313 e. The average molecular weight is 280 g/mol. The van der Waals surface area contributed by atoms with Crippen LogP contribution in [-0.4, -0.2) is 13.1 Å². The molecule has 0 saturated carbocycles. The average Bonchev–Trinajstić information content (AvgIpc) is 2.30. The minimum absolute atomic E-state index is 0. The molecule has 0 spiro atoms. The minimum Gasteiger partial charge on any atom is -0.469 e. The van der Waals surface area contributed by atoms with Crippen molar-refractivity contribution in [2.45, 2.75) is 19.9 Å². The van der Waals surface area contributed by atoms with E-state index in [-0.39, 0.29) is 18.0 Å². The summed E-state index contributed by atoms with van der Waals surface area (Å²) < 4.78 is 31.2. The number of halogens is 3. The Labute approximate surface area is 111 Å². The molecule has 1 aromatic carbocycles. The molecule has 0 aliphatic heterocycles. The van der Waals surface area contributed by atoms with Crippen molar-refractivity contribution in [2.24, 2.45) is 11.1 Å². The molecule has 18 heavy (non-hydrogen) atoms. The fraction of sp³-hybridized carbons (Fsp3) is 0.417. The van der Waals surface area contributed by atoms with E-state index < -0.39 is 29.1 Å². The molecule has 0 aliphatic rings. The highest BCUT2D eigenvalue weighted by molar-refractivity contribution is 5.85. The first-order valence-electron chi connectivity index (χ1n) is 5.09. The Hall–Kier alpha value is -1.20. The van der Waals surface area contributed by atoms with Crippen LogP contribution in [0.3, 0.4) is 0 Å². The third kappa shape index (κ3) is 3.17. The maximum atomic E-state index is 13.5. The topological polar surface area (TPSA) is 52.3 Å². The van der Waals surface area contributed by atoms with Crippen LogP contribution in [0.15, 0.2) is 18.2 Å². The number of rotatable bonds is 3. The van der Waals surface area contributed by atoms with Crippen LogP contribution in [0.1, 0.15) is 25.5 Å². The Balaban J connectivity index is 0.00000289. The molecule has 1 atom stereocenters. The number of esters is 1. The molecule has 0 heterocycles. The Morgan fingerprint density at radius 1 is 1.39 bits per heavy atom. The lowest BCUT2D eigenvalue weighted by Gasteiger charge is -2.29. The van der Waals surface area contributed by atoms with Crippen molar-refractivity contribution in [1.82, 2.24) is 0 Å². The van der Waals surface area contributed by atoms with E-state index in [1.807, 2.05) is 0 Å². The number of carbonyl (C=O) groups is 1. The van der Waals surface area contributed by atoms with Crippen LogP contribution >= 0.6 is 12.4 Å². The van der Waals surface area contributed by atoms with Crippen LogP contribution in [0.5, 0.6) is 0 Å². The van der Waals surface area contributed by atoms with E-state index in [2.05, 4.69) is 4.74 Å². The second-order valence-electron chi connectivity index (χ2n) is 4.36. The van der Waals surface area contributed by atoms with Gasteiger partial charge in [-0.05, 0) is 32.0 Å². The summed E-state index contributed by atoms with van der Waals surface area (Å²) in [5.41, 5.74) is 4.63. The molecule has 0 aromatic heterocycles. The number of hydrogen-bond donors (Lipinski definition) is 1. The SMILES string of the molecule is COC(=O)C(C)(C)[C@@H](N)c1cc(F)ccc1F.Cl. The molecule has 1 rings (SSSR count). The van der Waals surface area contributed by atoms with Crippen LogP contribution in [-0.2, 0) is 9.53 Å². The zero-order chi connectivity index (χ0) is 13.2. The fourth-order valence-electron chi connectivity index (χ4n) is 1.53. The molecule has 0 saturated heterocycles. The summed E-state index contributed by atoms with van der Waals surface area (Å²) in [6, 6.07) is 1.99. The zero-order valence-electron chi connectivity index (χ0n) is 10.4. The summed E-state index contributed by atoms with van der Waals surface area (Å²) in [5.74, 6) is -1.82. The first kappa shape index (κ1) is 16.8. The highest BCUT2D eigenvalue weighted by atomic mass is 35.5. The van der Waals surface area contributed by atoms with Gasteiger partial charge in [-0.3, -0.25) is 4.79 Å². The van der Waals surface area contributed by atoms with E-state index in [0.29, 0.717) is 0 Å². The zero-order valence-corrected chi connectivity index (χ0v) is 11.2. The van der Waals surface area contributed by atoms with E-state index in [0.717, 1.165) is 18.2 Å². The monoisotopic (exact) mass is 279 g/mol. The van der Waals surface area contributed by atoms with Gasteiger partial charge in [0.25, 0.3) is 0 Å². The van der Waals surface area contributed by atoms with Crippen molar-refractivity contribution in [3.63, 3.8) is 0 Å². The largest absolute Gasteiger partial charge is 0.469 e. The normalized spacial score (nSPS) is 12.6. The summed E-state index contributed by atoms with van der Waals surface area (Å²) in [5, 5.41) is 0. The summed E-state index contributed by atoms with van der Waals surface area (Å²) in [7, 11) is 1.22. The number of hydrogen-bond acceptors (Lipinski definition) is 3. The molecule has 0 unspecified atom stereocenters. The summed E-state index contributed by atoms with van der Waals surface area (Å²) in [6.07, 6.45) is 0. The molecule has 0 amide bonds. The first-order valence-corrected chi connectivity index (χ1v) is 5.09. The van der Waals surface area contributed by atoms with Crippen molar-refractivity contribution in [2.75, 3.05) is 7.11 Å². The quantitative estimate of drug-likeness (QED) is 0.865. The fourth-order valence-corrected chi connectivity index (χ4v) is 1.53. The van der Waals surface area contributed by atoms with Crippen molar-refractivity contribution in [3.8, 4) is 0 Å². The van der Waals surface area contributed by atoms with E-state index in [1.165, 1.54) is 21.0 Å². The number of carbonyl (C=O) groups excluding carboxylic acids is 1. The predicted octanol–water partition coefficient (Wildman–Crippen LogP) is 2.59. The van der Waals surface area contributed by atoms with Gasteiger partial charge in [-0.2, -0.15) is 0 Å². The van der Waals surface area contributed by atoms with Crippen molar-refractivity contribution < 1.29 is 18.3 Å². The van der Waals surface area contributed by atoms with E-state index in [9.17, 15) is 13.6 Å². The Kier molecular flexibility index (Phi) is 5.70. The maximum absolute atomic E-state index is 13.5. The van der Waals surface area contributed by atoms with Gasteiger partial charge in [0.1, 0.15) is 11.6 Å². The molecule has 1 aromatic rings. The molecular weight excluding hydrogens is 264 g/mol. The highest BCUT2D eigenvalue weighted by Gasteiger charge is 2.37. The van der Waals surface area contributed by atoms with Crippen molar-refractivity contribution >= 4 is 18.4 Å². The molecule has 2 N–H and O–H groups in total. The molecule has 0 bridgehead atoms. The third-order valence-corrected chi connectivity index (χ3v) is 2.78. The van der Waals surface area contributed by atoms with E-state index in [4.69, 9.17) is 5.73 Å². The predicted molar refractivity (Wildman–Crippen MR) is 66.3 cm³/mol. The smallest absolute Gasteiger partial charge is 0.313 e. The van der Waals surface area contributed by atoms with Gasteiger partial charge in [0.2, 0.25) is 0 Å². The van der Waals surface area contributed by atoms with Crippen LogP contribution in [0.25, 0.3) is 0 Å². The van der Waals surface area contributed by atoms with Crippen LogP contribution in [0.2, 0.25) is 0 Å². The van der Waals surface area contributed by atoms with E-state index in [1.54, 1.807) is 0 Å². The molecule has 3 nitrogen and oxygen atoms in total. The first-order chi connectivity index (χ1) is 7.80. The van der Waals surface area contributed by atoms with Crippen LogP contribution in [0.4, 0.5) is 8.78 Å². The minimum atomic E-state index is -1.14. The summed E-state index contributed by atoms with van der Waals surface area (Å²) in [6.45, 7) is 3.04. The van der Waals surface area contributed by atoms with Gasteiger partial charge in [-0.15, -0.1) is 12.4 Å². The van der Waals surface area contributed by atoms with Gasteiger partial charge in [-0.25, -0.2) is 8.78 Å². The van der Waals surface area contributed by atoms with Crippen molar-refractivity contribution in [1.29, 1.82) is 0 Å². The number of ether oxygens (including phenoxy) is 1. The third-order valence-electron chi connectivity index (χ3n) is 2.78. The van der Waals surface area contributed by atoms with Gasteiger partial charge < -0.3 is 10.5 Å². The lowest BCUT2D eigenvalue weighted by Crippen LogP contribution is -2.37. The van der Waals surface area contributed by atoms with E-state index >= 15 is 0 Å². The van der Waals surface area contributed by atoms with Gasteiger partial charge in [0, 0.05) is 11.6 Å². The van der Waals surface area contributed by atoms with Gasteiger partial charge in [-0.1, -0.05) is 0 Å². The molecule has 0 fully saturated rings. The van der Waals surface area contributed by atoms with Gasteiger partial charge >= 0.3 is 5.97 Å². The standard InChI is InChI=1S/C12H15F2NO2.ClH/c1-12(2,11(16)17-3)10(15)8-6-7(13)4-5-9(8)14;/h4-6,10H,15H2,1-3H3;1H/t10-;/m0./s1. The number of benzene rings is 1. The molecule has 6 heteroatoms. The van der Waals surface area contributed by atoms with Crippen LogP contribution in [0, 0.1) is 17.0 Å². The highest BCUT2D eigenvalue weighted by Crippen LogP contribution is 2.33. The summed E-state index contributed by atoms with van der Waals surface area (Å²) >= 11 is 0. The number of methoxy groups -OCH3 is 1. The molecule has 0 radical (unpaired) electrons. The Bertz CT molecular complexity index is 438. The van der Waals surface area contributed by atoms with Gasteiger partial charge in [0.05, 0.1) is 12.5 Å². The molecule has 0 aliphatic carbocycles. The number of nitrogens with two attached hydrogens (primary N) is 1. The van der Waals surface area contributed by atoms with Gasteiger partial charge in [0.15, 0.2) is 0 Å². The lowest BCUT2D eigenvalue weighted by atomic mass is 9.81. The second kappa shape index (κ2) is 6.11. The molecule has 102 valence electrons. The molecular formula is C12H16ClF2NO2. The van der Waals surface area contributed by atoms with Crippen LogP contribution < -0.4 is 5.73 Å². The summed E-state index contributed by atoms with van der Waals surface area (Å²) in [4.78, 5) is 11.5. The Morgan fingerprint density at radius 3 is 2.44 bits per heavy atom. The Morgan fingerprint density at radius 2 is 1.94 bits per heavy atom. The lowest BCUT2D eigenvalue weighted by molar-refractivity contribution is -0.152.